The quantitative estimate of drug-likeness (QED) is 0.451. The zero-order valence-electron chi connectivity index (χ0n) is 10.8. The van der Waals surface area contributed by atoms with Crippen molar-refractivity contribution in [3.63, 3.8) is 0 Å². The Morgan fingerprint density at radius 2 is 2.05 bits per heavy atom. The largest absolute Gasteiger partial charge is 0.147 e. The van der Waals surface area contributed by atoms with Crippen LogP contribution >= 0.6 is 40.7 Å². The first-order valence-electron chi connectivity index (χ1n) is 5.78. The van der Waals surface area contributed by atoms with Crippen LogP contribution in [0.2, 0.25) is 0 Å². The third-order valence-electron chi connectivity index (χ3n) is 3.35. The fourth-order valence-electron chi connectivity index (χ4n) is 2.43. The van der Waals surface area contributed by atoms with E-state index in [1.165, 1.54) is 23.3 Å². The van der Waals surface area contributed by atoms with E-state index in [9.17, 15) is 0 Å². The summed E-state index contributed by atoms with van der Waals surface area (Å²) in [6.45, 7) is 2.17. The Kier molecular flexibility index (Phi) is 5.96. The van der Waals surface area contributed by atoms with E-state index in [0.717, 1.165) is 0 Å². The van der Waals surface area contributed by atoms with Crippen molar-refractivity contribution in [2.24, 2.45) is 0 Å². The summed E-state index contributed by atoms with van der Waals surface area (Å²) in [6, 6.07) is 0. The second kappa shape index (κ2) is 6.47. The number of hydrogen-bond acceptors (Lipinski definition) is 1. The van der Waals surface area contributed by atoms with Crippen molar-refractivity contribution in [1.29, 1.82) is 0 Å². The van der Waals surface area contributed by atoms with Crippen molar-refractivity contribution in [2.45, 2.75) is 15.5 Å². The molecule has 1 aliphatic heterocycles. The third-order valence-corrected chi connectivity index (χ3v) is 9.02. The van der Waals surface area contributed by atoms with Crippen molar-refractivity contribution in [3.05, 3.63) is 56.6 Å². The summed E-state index contributed by atoms with van der Waals surface area (Å²) >= 11 is 3.33. The summed E-state index contributed by atoms with van der Waals surface area (Å²) in [7, 11) is 2.21. The van der Waals surface area contributed by atoms with Gasteiger partial charge in [0.2, 0.25) is 0 Å². The molecule has 0 N–H and O–H groups in total. The minimum atomic E-state index is -0.652. The Hall–Kier alpha value is 0.443. The molecule has 0 saturated carbocycles. The van der Waals surface area contributed by atoms with Gasteiger partial charge >= 0.3 is 123 Å². The Labute approximate surface area is 147 Å². The van der Waals surface area contributed by atoms with Gasteiger partial charge in [0.15, 0.2) is 0 Å². The van der Waals surface area contributed by atoms with E-state index in [2.05, 4.69) is 71.3 Å². The maximum absolute atomic E-state index is 3.98. The second-order valence-electron chi connectivity index (χ2n) is 4.70. The van der Waals surface area contributed by atoms with Crippen LogP contribution in [0.1, 0.15) is 13.3 Å². The van der Waals surface area contributed by atoms with Crippen molar-refractivity contribution in [3.8, 4) is 0 Å². The second-order valence-corrected chi connectivity index (χ2v) is 11.8. The molecule has 0 bridgehead atoms. The van der Waals surface area contributed by atoms with Crippen LogP contribution in [-0.2, 0) is 23.2 Å². The molecule has 5 heteroatoms. The van der Waals surface area contributed by atoms with Crippen LogP contribution in [0.4, 0.5) is 0 Å². The molecule has 19 heavy (non-hydrogen) atoms. The van der Waals surface area contributed by atoms with Crippen LogP contribution < -0.4 is 0 Å². The Bertz CT molecular complexity index is 534. The minimum Gasteiger partial charge on any atom is -0.147 e. The Balaban J connectivity index is 0.000000902. The van der Waals surface area contributed by atoms with Gasteiger partial charge in [-0.05, 0) is 0 Å². The molecule has 0 radical (unpaired) electrons. The molecule has 0 aromatic rings. The molecule has 0 amide bonds. The zero-order valence-corrected chi connectivity index (χ0v) is 16.5. The molecule has 0 saturated heterocycles. The van der Waals surface area contributed by atoms with Crippen LogP contribution in [0.5, 0.6) is 0 Å². The number of allylic oxidation sites excluding steroid dienone is 7. The smallest absolute Gasteiger partial charge is 0.147 e. The molecule has 3 rings (SSSR count). The topological polar surface area (TPSA) is 3.24 Å². The van der Waals surface area contributed by atoms with Crippen molar-refractivity contribution in [2.75, 3.05) is 7.05 Å². The monoisotopic (exact) mass is 437 g/mol. The Morgan fingerprint density at radius 1 is 1.32 bits per heavy atom. The molecule has 1 nitrogen and oxygen atoms in total. The molecule has 1 unspecified atom stereocenters. The predicted molar refractivity (Wildman–Crippen MR) is 85.7 cm³/mol. The van der Waals surface area contributed by atoms with Crippen molar-refractivity contribution in [1.82, 2.24) is 4.90 Å². The summed E-state index contributed by atoms with van der Waals surface area (Å²) < 4.78 is 1.79. The molecule has 0 fully saturated rings. The van der Waals surface area contributed by atoms with Gasteiger partial charge in [-0.25, -0.2) is 0 Å². The van der Waals surface area contributed by atoms with Crippen LogP contribution in [0, 0.1) is 0 Å². The van der Waals surface area contributed by atoms with Gasteiger partial charge in [0.25, 0.3) is 0 Å². The Morgan fingerprint density at radius 3 is 2.63 bits per heavy atom. The van der Waals surface area contributed by atoms with Gasteiger partial charge in [-0.2, -0.15) is 0 Å². The molecule has 1 heterocycles. The van der Waals surface area contributed by atoms with E-state index in [4.69, 9.17) is 0 Å². The standard InChI is InChI=1S/C9H9BrN.C5H5.2ClH.Zr/c1-6-3-7-5-9(10)11(2)8(7)4-6;1-2-4-5-3-1;;;/h3-5H,1-2H3;1-3H,4H2;2*1H;. The van der Waals surface area contributed by atoms with E-state index < -0.39 is 23.2 Å². The molecule has 3 aliphatic rings. The average Bonchev–Trinajstić information content (AvgIpc) is 2.90. The van der Waals surface area contributed by atoms with Crippen LogP contribution in [0.3, 0.4) is 0 Å². The molecule has 0 spiro atoms. The van der Waals surface area contributed by atoms with E-state index in [1.54, 1.807) is 3.28 Å². The van der Waals surface area contributed by atoms with Crippen LogP contribution in [-0.4, -0.2) is 14.1 Å². The fourth-order valence-corrected chi connectivity index (χ4v) is 7.73. The normalized spacial score (nSPS) is 26.8. The summed E-state index contributed by atoms with van der Waals surface area (Å²) in [5, 5.41) is 0. The van der Waals surface area contributed by atoms with Gasteiger partial charge in [-0.3, -0.25) is 0 Å². The number of halogens is 3. The molecule has 1 atom stereocenters. The fraction of sp³-hybridized carbons (Fsp3) is 0.286. The first-order valence-corrected chi connectivity index (χ1v) is 9.03. The number of alkyl halides is 1. The van der Waals surface area contributed by atoms with E-state index in [0.29, 0.717) is 0 Å². The third kappa shape index (κ3) is 3.21. The van der Waals surface area contributed by atoms with Gasteiger partial charge in [-0.1, -0.05) is 0 Å². The molecular formula is C14H16BrCl2NZr. The van der Waals surface area contributed by atoms with Crippen molar-refractivity contribution >= 4 is 40.7 Å². The SMILES string of the molecule is CC1=CC2=C[C](Br)([Zr][C]3=CC=CC3)N(C)C2=C1.Cl.Cl. The predicted octanol–water partition coefficient (Wildman–Crippen LogP) is 4.52. The van der Waals surface area contributed by atoms with Gasteiger partial charge in [0, 0.05) is 0 Å². The molecule has 102 valence electrons. The zero-order chi connectivity index (χ0) is 12.0. The van der Waals surface area contributed by atoms with E-state index in [-0.39, 0.29) is 27.0 Å². The van der Waals surface area contributed by atoms with Crippen molar-refractivity contribution < 1.29 is 23.2 Å². The molecule has 0 aromatic heterocycles. The number of fused-ring (bicyclic) bond motifs is 1. The van der Waals surface area contributed by atoms with Gasteiger partial charge in [0.05, 0.1) is 0 Å². The number of rotatable bonds is 2. The first kappa shape index (κ1) is 17.5. The summed E-state index contributed by atoms with van der Waals surface area (Å²) in [5.41, 5.74) is 4.14. The number of likely N-dealkylation sites (N-methyl/N-ethyl adjacent to an activating group) is 1. The summed E-state index contributed by atoms with van der Waals surface area (Å²) in [5.74, 6) is 0. The summed E-state index contributed by atoms with van der Waals surface area (Å²) in [4.78, 5) is 2.42. The van der Waals surface area contributed by atoms with Crippen LogP contribution in [0.25, 0.3) is 0 Å². The van der Waals surface area contributed by atoms with Gasteiger partial charge < -0.3 is 0 Å². The molecule has 2 aliphatic carbocycles. The summed E-state index contributed by atoms with van der Waals surface area (Å²) in [6.07, 6.45) is 14.9. The molecular weight excluding hydrogens is 424 g/mol. The van der Waals surface area contributed by atoms with Crippen LogP contribution in [0.15, 0.2) is 56.6 Å². The van der Waals surface area contributed by atoms with E-state index in [1.807, 2.05) is 0 Å². The van der Waals surface area contributed by atoms with Gasteiger partial charge in [0.1, 0.15) is 0 Å². The van der Waals surface area contributed by atoms with Gasteiger partial charge in [-0.15, -0.1) is 24.8 Å². The first-order chi connectivity index (χ1) is 8.08. The maximum atomic E-state index is 3.98. The average molecular weight is 440 g/mol. The maximum Gasteiger partial charge on any atom is -0.147 e. The number of hydrogen-bond donors (Lipinski definition) is 0. The molecule has 0 aromatic carbocycles. The number of nitrogens with zero attached hydrogens (tertiary/aromatic N) is 1. The van der Waals surface area contributed by atoms with E-state index >= 15 is 0 Å². The minimum absolute atomic E-state index is 0.